The summed E-state index contributed by atoms with van der Waals surface area (Å²) in [5.74, 6) is -0.702. The minimum absolute atomic E-state index is 0.0594. The first-order valence-electron chi connectivity index (χ1n) is 13.8. The number of nitrogens with one attached hydrogen (secondary N) is 1. The van der Waals surface area contributed by atoms with Crippen LogP contribution in [0.25, 0.3) is 28.1 Å². The highest BCUT2D eigenvalue weighted by Gasteiger charge is 2.26. The predicted molar refractivity (Wildman–Crippen MR) is 162 cm³/mol. The van der Waals surface area contributed by atoms with Gasteiger partial charge < -0.3 is 9.88 Å². The number of carbonyl (C=O) groups is 1. The summed E-state index contributed by atoms with van der Waals surface area (Å²) < 4.78 is 31.6. The number of carbonyl (C=O) groups excluding carboxylic acids is 1. The van der Waals surface area contributed by atoms with Gasteiger partial charge in [0.2, 0.25) is 5.91 Å². The molecule has 0 spiro atoms. The predicted octanol–water partition coefficient (Wildman–Crippen LogP) is 6.71. The fourth-order valence-corrected chi connectivity index (χ4v) is 5.87. The summed E-state index contributed by atoms with van der Waals surface area (Å²) in [6, 6.07) is 9.47. The molecule has 0 radical (unpaired) electrons. The molecule has 226 valence electrons. The Balaban J connectivity index is 1.48. The van der Waals surface area contributed by atoms with Crippen LogP contribution in [0.1, 0.15) is 50.0 Å². The van der Waals surface area contributed by atoms with Gasteiger partial charge in [-0.3, -0.25) is 14.6 Å². The van der Waals surface area contributed by atoms with E-state index in [1.807, 2.05) is 6.92 Å². The number of hydrogen-bond acceptors (Lipinski definition) is 6. The number of amides is 1. The van der Waals surface area contributed by atoms with Crippen LogP contribution in [0.2, 0.25) is 10.2 Å². The average Bonchev–Trinajstić information content (AvgIpc) is 3.62. The molecule has 1 aromatic carbocycles. The molecule has 0 aliphatic carbocycles. The number of alkyl halides is 2. The fourth-order valence-electron chi connectivity index (χ4n) is 5.57. The van der Waals surface area contributed by atoms with Crippen molar-refractivity contribution >= 4 is 34.8 Å². The summed E-state index contributed by atoms with van der Waals surface area (Å²) in [5.41, 5.74) is 3.54. The van der Waals surface area contributed by atoms with Crippen LogP contribution in [0.5, 0.6) is 0 Å². The summed E-state index contributed by atoms with van der Waals surface area (Å²) >= 11 is 12.4. The second-order valence-corrected chi connectivity index (χ2v) is 11.5. The first-order valence-corrected chi connectivity index (χ1v) is 14.6. The molecule has 0 saturated carbocycles. The van der Waals surface area contributed by atoms with E-state index in [1.54, 1.807) is 54.2 Å². The van der Waals surface area contributed by atoms with Crippen LogP contribution >= 0.6 is 23.2 Å². The Bertz CT molecular complexity index is 1940. The van der Waals surface area contributed by atoms with Gasteiger partial charge in [0.25, 0.3) is 5.56 Å². The van der Waals surface area contributed by atoms with Crippen molar-refractivity contribution < 1.29 is 13.6 Å². The lowest BCUT2D eigenvalue weighted by atomic mass is 9.96. The molecule has 0 saturated heterocycles. The number of fused-ring (bicyclic) bond motifs is 4. The van der Waals surface area contributed by atoms with Crippen molar-refractivity contribution in [3.8, 4) is 28.1 Å². The van der Waals surface area contributed by atoms with Crippen LogP contribution in [-0.4, -0.2) is 40.2 Å². The highest BCUT2D eigenvalue weighted by molar-refractivity contribution is 6.31. The Labute approximate surface area is 260 Å². The molecule has 5 heterocycles. The second kappa shape index (κ2) is 11.9. The van der Waals surface area contributed by atoms with E-state index in [9.17, 15) is 18.4 Å². The normalized spacial score (nSPS) is 17.1. The quantitative estimate of drug-likeness (QED) is 0.234. The van der Waals surface area contributed by atoms with E-state index < -0.39 is 18.5 Å². The molecule has 2 atom stereocenters. The van der Waals surface area contributed by atoms with Crippen LogP contribution in [0.4, 0.5) is 14.5 Å². The lowest BCUT2D eigenvalue weighted by Crippen LogP contribution is -2.27. The molecule has 2 bridgehead atoms. The van der Waals surface area contributed by atoms with Crippen LogP contribution in [-0.2, 0) is 4.79 Å². The topological polar surface area (TPSA) is 113 Å². The summed E-state index contributed by atoms with van der Waals surface area (Å²) in [5, 5.41) is 15.2. The van der Waals surface area contributed by atoms with Crippen LogP contribution in [0.3, 0.4) is 0 Å². The molecule has 44 heavy (non-hydrogen) atoms. The Hall–Kier alpha value is -4.42. The monoisotopic (exact) mass is 638 g/mol. The number of anilines is 1. The molecule has 1 aliphatic rings. The molecule has 2 unspecified atom stereocenters. The highest BCUT2D eigenvalue weighted by atomic mass is 35.5. The van der Waals surface area contributed by atoms with E-state index in [0.29, 0.717) is 57.0 Å². The van der Waals surface area contributed by atoms with Crippen molar-refractivity contribution in [2.45, 2.75) is 45.7 Å². The first-order chi connectivity index (χ1) is 21.1. The SMILES string of the molecule is Cc1cn(C2CCCC(C)C(=O)Nc3cnn(C(F)F)c3-c3ccnc2c3)c(=O)cc1-c1cc(Cl)ccc1-n1cc(Cl)nn1. The maximum atomic E-state index is 14.0. The van der Waals surface area contributed by atoms with Crippen LogP contribution < -0.4 is 10.9 Å². The molecule has 6 rings (SSSR count). The third-order valence-electron chi connectivity index (χ3n) is 7.77. The van der Waals surface area contributed by atoms with Gasteiger partial charge in [0.05, 0.1) is 41.2 Å². The lowest BCUT2D eigenvalue weighted by molar-refractivity contribution is -0.119. The minimum atomic E-state index is -2.93. The van der Waals surface area contributed by atoms with Gasteiger partial charge in [0.15, 0.2) is 5.15 Å². The molecular formula is C30H26Cl2F2N8O2. The van der Waals surface area contributed by atoms with E-state index in [2.05, 4.69) is 25.7 Å². The average molecular weight is 639 g/mol. The molecule has 1 aliphatic heterocycles. The standard InChI is InChI=1S/C30H26Cl2F2N8O2/c1-16-4-3-5-25(22-10-18(8-9-35-22)28-23(37-29(16)44)13-36-42(28)30(33)34)40-14-17(2)20(12-27(40)43)21-11-19(31)6-7-24(21)41-15-26(32)38-39-41/h6-16,25,30H,3-5H2,1-2H3,(H,37,44). The second-order valence-electron chi connectivity index (χ2n) is 10.7. The van der Waals surface area contributed by atoms with Gasteiger partial charge in [-0.25, -0.2) is 9.36 Å². The Kier molecular flexibility index (Phi) is 8.04. The number of halogens is 4. The van der Waals surface area contributed by atoms with Gasteiger partial charge in [-0.1, -0.05) is 41.8 Å². The number of aryl methyl sites for hydroxylation is 1. The Morgan fingerprint density at radius 3 is 2.61 bits per heavy atom. The smallest absolute Gasteiger partial charge is 0.323 e. The van der Waals surface area contributed by atoms with E-state index in [4.69, 9.17) is 23.2 Å². The van der Waals surface area contributed by atoms with Gasteiger partial charge >= 0.3 is 6.55 Å². The molecule has 10 nitrogen and oxygen atoms in total. The maximum Gasteiger partial charge on any atom is 0.333 e. The van der Waals surface area contributed by atoms with Crippen molar-refractivity contribution in [1.82, 2.24) is 34.3 Å². The molecule has 1 amide bonds. The fraction of sp³-hybridized carbons (Fsp3) is 0.267. The molecule has 5 aromatic rings. The Morgan fingerprint density at radius 2 is 1.86 bits per heavy atom. The first kappa shape index (κ1) is 29.6. The van der Waals surface area contributed by atoms with Gasteiger partial charge in [-0.05, 0) is 61.2 Å². The van der Waals surface area contributed by atoms with Gasteiger partial charge in [0.1, 0.15) is 0 Å². The number of benzene rings is 1. The van der Waals surface area contributed by atoms with Crippen molar-refractivity contribution in [1.29, 1.82) is 0 Å². The zero-order chi connectivity index (χ0) is 31.1. The number of pyridine rings is 2. The number of hydrogen-bond donors (Lipinski definition) is 1. The van der Waals surface area contributed by atoms with Crippen molar-refractivity contribution in [2.24, 2.45) is 5.92 Å². The molecule has 14 heteroatoms. The van der Waals surface area contributed by atoms with Crippen molar-refractivity contribution in [3.05, 3.63) is 93.0 Å². The number of nitrogens with zero attached hydrogens (tertiary/aromatic N) is 7. The molecular weight excluding hydrogens is 613 g/mol. The van der Waals surface area contributed by atoms with Gasteiger partial charge in [-0.15, -0.1) is 5.10 Å². The maximum absolute atomic E-state index is 14.0. The van der Waals surface area contributed by atoms with Crippen LogP contribution in [0, 0.1) is 12.8 Å². The highest BCUT2D eigenvalue weighted by Crippen LogP contribution is 2.36. The molecule has 1 N–H and O–H groups in total. The van der Waals surface area contributed by atoms with E-state index in [0.717, 1.165) is 5.56 Å². The number of aromatic nitrogens is 7. The molecule has 0 fully saturated rings. The summed E-state index contributed by atoms with van der Waals surface area (Å²) in [6.07, 6.45) is 7.64. The zero-order valence-corrected chi connectivity index (χ0v) is 25.1. The number of rotatable bonds is 4. The van der Waals surface area contributed by atoms with Crippen molar-refractivity contribution in [2.75, 3.05) is 5.32 Å². The summed E-state index contributed by atoms with van der Waals surface area (Å²) in [6.45, 7) is 0.723. The zero-order valence-electron chi connectivity index (χ0n) is 23.6. The lowest BCUT2D eigenvalue weighted by Gasteiger charge is -2.23. The minimum Gasteiger partial charge on any atom is -0.323 e. The largest absolute Gasteiger partial charge is 0.333 e. The van der Waals surface area contributed by atoms with Gasteiger partial charge in [-0.2, -0.15) is 13.9 Å². The molecule has 4 aromatic heterocycles. The third-order valence-corrected chi connectivity index (χ3v) is 8.18. The third kappa shape index (κ3) is 5.62. The summed E-state index contributed by atoms with van der Waals surface area (Å²) in [4.78, 5) is 31.4. The Morgan fingerprint density at radius 1 is 1.05 bits per heavy atom. The van der Waals surface area contributed by atoms with Crippen LogP contribution in [0.15, 0.2) is 66.0 Å². The van der Waals surface area contributed by atoms with Gasteiger partial charge in [0, 0.05) is 40.5 Å². The van der Waals surface area contributed by atoms with E-state index in [1.165, 1.54) is 23.1 Å². The summed E-state index contributed by atoms with van der Waals surface area (Å²) in [7, 11) is 0. The van der Waals surface area contributed by atoms with E-state index in [-0.39, 0.29) is 28.0 Å². The van der Waals surface area contributed by atoms with E-state index >= 15 is 0 Å². The van der Waals surface area contributed by atoms with Crippen molar-refractivity contribution in [3.63, 3.8) is 0 Å².